The lowest BCUT2D eigenvalue weighted by atomic mass is 10.3. The van der Waals surface area contributed by atoms with E-state index in [-0.39, 0.29) is 5.91 Å². The zero-order valence-corrected chi connectivity index (χ0v) is 17.4. The summed E-state index contributed by atoms with van der Waals surface area (Å²) in [4.78, 5) is 21.7. The number of benzene rings is 1. The molecule has 29 heavy (non-hydrogen) atoms. The molecule has 4 rings (SSSR count). The lowest BCUT2D eigenvalue weighted by Gasteiger charge is -2.32. The van der Waals surface area contributed by atoms with Crippen molar-refractivity contribution in [3.05, 3.63) is 53.8 Å². The van der Waals surface area contributed by atoms with Crippen molar-refractivity contribution < 1.29 is 4.79 Å². The van der Waals surface area contributed by atoms with Crippen molar-refractivity contribution in [3.63, 3.8) is 0 Å². The second-order valence-electron chi connectivity index (χ2n) is 7.30. The van der Waals surface area contributed by atoms with Crippen LogP contribution in [-0.2, 0) is 0 Å². The quantitative estimate of drug-likeness (QED) is 0.606. The average molecular weight is 411 g/mol. The van der Waals surface area contributed by atoms with Crippen LogP contribution in [0, 0.1) is 0 Å². The molecular weight excluding hydrogens is 384 g/mol. The van der Waals surface area contributed by atoms with E-state index in [1.807, 2.05) is 46.6 Å². The average Bonchev–Trinajstić information content (AvgIpc) is 3.43. The van der Waals surface area contributed by atoms with Gasteiger partial charge < -0.3 is 15.1 Å². The molecule has 0 spiro atoms. The molecule has 7 nitrogen and oxygen atoms in total. The minimum absolute atomic E-state index is 0.110. The molecule has 2 aromatic heterocycles. The van der Waals surface area contributed by atoms with Gasteiger partial charge in [-0.1, -0.05) is 18.2 Å². The molecule has 0 saturated carbocycles. The summed E-state index contributed by atoms with van der Waals surface area (Å²) in [5.74, 6) is -0.110. The van der Waals surface area contributed by atoms with E-state index in [9.17, 15) is 4.79 Å². The van der Waals surface area contributed by atoms with Crippen LogP contribution in [0.3, 0.4) is 0 Å². The number of piperazine rings is 1. The standard InChI is InChI=1S/C21H26N6OS/c1-25-10-12-26(13-11-25)9-5-8-22-20(28)19-16-29-21(24-19)17-14-23-27(15-17)18-6-3-2-4-7-18/h2-4,6-7,14-16H,5,8-13H2,1H3,(H,22,28). The SMILES string of the molecule is CN1CCN(CCCNC(=O)c2csc(-c3cnn(-c4ccccc4)c3)n2)CC1. The molecule has 1 N–H and O–H groups in total. The van der Waals surface area contributed by atoms with Crippen molar-refractivity contribution in [3.8, 4) is 16.3 Å². The van der Waals surface area contributed by atoms with Crippen LogP contribution in [0.4, 0.5) is 0 Å². The summed E-state index contributed by atoms with van der Waals surface area (Å²) in [6, 6.07) is 9.93. The zero-order chi connectivity index (χ0) is 20.1. The highest BCUT2D eigenvalue weighted by Gasteiger charge is 2.15. The maximum Gasteiger partial charge on any atom is 0.270 e. The van der Waals surface area contributed by atoms with Crippen molar-refractivity contribution in [1.29, 1.82) is 0 Å². The minimum atomic E-state index is -0.110. The lowest BCUT2D eigenvalue weighted by molar-refractivity contribution is 0.0945. The van der Waals surface area contributed by atoms with E-state index < -0.39 is 0 Å². The Morgan fingerprint density at radius 1 is 1.17 bits per heavy atom. The van der Waals surface area contributed by atoms with Crippen LogP contribution in [0.5, 0.6) is 0 Å². The largest absolute Gasteiger partial charge is 0.351 e. The van der Waals surface area contributed by atoms with Crippen LogP contribution >= 0.6 is 11.3 Å². The van der Waals surface area contributed by atoms with Crippen molar-refractivity contribution in [1.82, 2.24) is 29.9 Å². The number of amides is 1. The molecule has 152 valence electrons. The highest BCUT2D eigenvalue weighted by Crippen LogP contribution is 2.24. The molecule has 0 atom stereocenters. The number of rotatable bonds is 7. The van der Waals surface area contributed by atoms with Crippen molar-refractivity contribution in [2.45, 2.75) is 6.42 Å². The summed E-state index contributed by atoms with van der Waals surface area (Å²) in [7, 11) is 2.16. The Morgan fingerprint density at radius 2 is 1.97 bits per heavy atom. The third-order valence-electron chi connectivity index (χ3n) is 5.12. The van der Waals surface area contributed by atoms with E-state index in [0.717, 1.165) is 55.4 Å². The van der Waals surface area contributed by atoms with Crippen molar-refractivity contribution in [2.24, 2.45) is 0 Å². The number of nitrogens with zero attached hydrogens (tertiary/aromatic N) is 5. The molecule has 1 saturated heterocycles. The molecule has 3 heterocycles. The molecule has 0 aliphatic carbocycles. The van der Waals surface area contributed by atoms with Gasteiger partial charge in [-0.3, -0.25) is 4.79 Å². The van der Waals surface area contributed by atoms with Gasteiger partial charge in [0.2, 0.25) is 0 Å². The van der Waals surface area contributed by atoms with E-state index in [1.165, 1.54) is 11.3 Å². The molecule has 1 aromatic carbocycles. The molecule has 0 unspecified atom stereocenters. The topological polar surface area (TPSA) is 66.3 Å². The highest BCUT2D eigenvalue weighted by molar-refractivity contribution is 7.13. The monoisotopic (exact) mass is 410 g/mol. The molecule has 1 aliphatic rings. The number of para-hydroxylation sites is 1. The Morgan fingerprint density at radius 3 is 2.76 bits per heavy atom. The van der Waals surface area contributed by atoms with Gasteiger partial charge in [0.25, 0.3) is 5.91 Å². The summed E-state index contributed by atoms with van der Waals surface area (Å²) < 4.78 is 1.81. The maximum absolute atomic E-state index is 12.4. The smallest absolute Gasteiger partial charge is 0.270 e. The first-order valence-electron chi connectivity index (χ1n) is 9.94. The van der Waals surface area contributed by atoms with Crippen molar-refractivity contribution >= 4 is 17.2 Å². The fourth-order valence-corrected chi connectivity index (χ4v) is 4.11. The van der Waals surface area contributed by atoms with Gasteiger partial charge in [-0.25, -0.2) is 9.67 Å². The lowest BCUT2D eigenvalue weighted by Crippen LogP contribution is -2.45. The highest BCUT2D eigenvalue weighted by atomic mass is 32.1. The first kappa shape index (κ1) is 19.8. The number of carbonyl (C=O) groups is 1. The summed E-state index contributed by atoms with van der Waals surface area (Å²) in [5, 5.41) is 10.0. The van der Waals surface area contributed by atoms with Gasteiger partial charge in [-0.15, -0.1) is 11.3 Å². The van der Waals surface area contributed by atoms with Gasteiger partial charge >= 0.3 is 0 Å². The molecule has 0 radical (unpaired) electrons. The number of carbonyl (C=O) groups excluding carboxylic acids is 1. The van der Waals surface area contributed by atoms with Gasteiger partial charge in [0.05, 0.1) is 11.9 Å². The van der Waals surface area contributed by atoms with Crippen LogP contribution in [0.15, 0.2) is 48.1 Å². The Hall–Kier alpha value is -2.55. The van der Waals surface area contributed by atoms with Crippen LogP contribution in [0.2, 0.25) is 0 Å². The van der Waals surface area contributed by atoms with Gasteiger partial charge in [0.15, 0.2) is 0 Å². The predicted octanol–water partition coefficient (Wildman–Crippen LogP) is 2.36. The third kappa shape index (κ3) is 5.09. The van der Waals surface area contributed by atoms with Gasteiger partial charge in [0, 0.05) is 49.9 Å². The van der Waals surface area contributed by atoms with Crippen LogP contribution in [0.1, 0.15) is 16.9 Å². The Kier molecular flexibility index (Phi) is 6.33. The second-order valence-corrected chi connectivity index (χ2v) is 8.16. The van der Waals surface area contributed by atoms with E-state index >= 15 is 0 Å². The Labute approximate surface area is 175 Å². The first-order chi connectivity index (χ1) is 14.2. The Bertz CT molecular complexity index is 930. The fourth-order valence-electron chi connectivity index (χ4n) is 3.33. The normalized spacial score (nSPS) is 15.5. The molecule has 8 heteroatoms. The second kappa shape index (κ2) is 9.30. The maximum atomic E-state index is 12.4. The minimum Gasteiger partial charge on any atom is -0.351 e. The van der Waals surface area contributed by atoms with E-state index in [2.05, 4.69) is 32.2 Å². The fraction of sp³-hybridized carbons (Fsp3) is 0.381. The van der Waals surface area contributed by atoms with Gasteiger partial charge in [0.1, 0.15) is 10.7 Å². The van der Waals surface area contributed by atoms with Crippen LogP contribution in [-0.4, -0.2) is 76.8 Å². The molecule has 0 bridgehead atoms. The van der Waals surface area contributed by atoms with Gasteiger partial charge in [-0.05, 0) is 32.1 Å². The number of likely N-dealkylation sites (N-methyl/N-ethyl adjacent to an activating group) is 1. The summed E-state index contributed by atoms with van der Waals surface area (Å²) >= 11 is 1.46. The third-order valence-corrected chi connectivity index (χ3v) is 6.01. The zero-order valence-electron chi connectivity index (χ0n) is 16.6. The van der Waals surface area contributed by atoms with E-state index in [1.54, 1.807) is 6.20 Å². The van der Waals surface area contributed by atoms with Crippen molar-refractivity contribution in [2.75, 3.05) is 46.3 Å². The van der Waals surface area contributed by atoms with Gasteiger partial charge in [-0.2, -0.15) is 5.10 Å². The molecule has 3 aromatic rings. The van der Waals surface area contributed by atoms with E-state index in [4.69, 9.17) is 0 Å². The number of hydrogen-bond acceptors (Lipinski definition) is 6. The number of aromatic nitrogens is 3. The summed E-state index contributed by atoms with van der Waals surface area (Å²) in [5.41, 5.74) is 2.37. The predicted molar refractivity (Wildman–Crippen MR) is 116 cm³/mol. The molecule has 1 amide bonds. The summed E-state index contributed by atoms with van der Waals surface area (Å²) in [6.07, 6.45) is 4.67. The first-order valence-corrected chi connectivity index (χ1v) is 10.8. The molecular formula is C21H26N6OS. The number of nitrogens with one attached hydrogen (secondary N) is 1. The summed E-state index contributed by atoms with van der Waals surface area (Å²) in [6.45, 7) is 6.15. The van der Waals surface area contributed by atoms with Crippen LogP contribution in [0.25, 0.3) is 16.3 Å². The van der Waals surface area contributed by atoms with Crippen LogP contribution < -0.4 is 5.32 Å². The molecule has 1 fully saturated rings. The molecule has 1 aliphatic heterocycles. The number of hydrogen-bond donors (Lipinski definition) is 1. The van der Waals surface area contributed by atoms with E-state index in [0.29, 0.717) is 12.2 Å². The number of thiazole rings is 1. The Balaban J connectivity index is 1.27.